The van der Waals surface area contributed by atoms with Crippen molar-refractivity contribution >= 4 is 0 Å². The average Bonchev–Trinajstić information content (AvgIpc) is 2.71. The number of aromatic hydroxyl groups is 1. The van der Waals surface area contributed by atoms with E-state index in [-0.39, 0.29) is 5.56 Å². The summed E-state index contributed by atoms with van der Waals surface area (Å²) in [6.45, 7) is 5.91. The van der Waals surface area contributed by atoms with E-state index in [9.17, 15) is 17.6 Å². The molecular formula is C23H18F4O. The molecule has 0 amide bonds. The molecule has 0 saturated carbocycles. The fraction of sp³-hybridized carbons (Fsp3) is 0.130. The van der Waals surface area contributed by atoms with E-state index in [4.69, 9.17) is 5.11 Å². The molecule has 0 fully saturated rings. The minimum atomic E-state index is -1.52. The van der Waals surface area contributed by atoms with Crippen LogP contribution in [0.4, 0.5) is 17.6 Å². The van der Waals surface area contributed by atoms with Gasteiger partial charge in [0, 0.05) is 16.7 Å². The van der Waals surface area contributed by atoms with Gasteiger partial charge in [0.15, 0.2) is 23.2 Å². The molecule has 144 valence electrons. The van der Waals surface area contributed by atoms with Crippen molar-refractivity contribution in [2.75, 3.05) is 0 Å². The van der Waals surface area contributed by atoms with E-state index in [1.165, 1.54) is 6.07 Å². The molecule has 1 nitrogen and oxygen atoms in total. The number of phenols is 1. The zero-order chi connectivity index (χ0) is 20.8. The molecule has 0 saturated heterocycles. The van der Waals surface area contributed by atoms with Crippen molar-refractivity contribution in [3.05, 3.63) is 88.5 Å². The summed E-state index contributed by atoms with van der Waals surface area (Å²) in [5.74, 6) is -1.24. The molecule has 3 aromatic carbocycles. The monoisotopic (exact) mass is 386 g/mol. The van der Waals surface area contributed by atoms with Gasteiger partial charge in [0.2, 0.25) is 5.82 Å². The van der Waals surface area contributed by atoms with Crippen LogP contribution in [0, 0.1) is 42.0 Å². The zero-order valence-electron chi connectivity index (χ0n) is 15.6. The van der Waals surface area contributed by atoms with Crippen LogP contribution >= 0.6 is 0 Å². The van der Waals surface area contributed by atoms with E-state index in [0.717, 1.165) is 23.8 Å². The topological polar surface area (TPSA) is 20.2 Å². The Kier molecular flexibility index (Phi) is 6.84. The maximum atomic E-state index is 14.3. The Morgan fingerprint density at radius 2 is 1.18 bits per heavy atom. The normalized spacial score (nSPS) is 9.82. The van der Waals surface area contributed by atoms with E-state index in [2.05, 4.69) is 11.8 Å². The predicted octanol–water partition coefficient (Wildman–Crippen LogP) is 6.35. The molecule has 0 radical (unpaired) electrons. The first-order valence-corrected chi connectivity index (χ1v) is 8.62. The number of hydrogen-bond acceptors (Lipinski definition) is 1. The number of rotatable bonds is 1. The third kappa shape index (κ3) is 4.34. The molecule has 0 aliphatic rings. The summed E-state index contributed by atoms with van der Waals surface area (Å²) in [5.41, 5.74) is 0.521. The van der Waals surface area contributed by atoms with Crippen molar-refractivity contribution in [1.82, 2.24) is 0 Å². The summed E-state index contributed by atoms with van der Waals surface area (Å²) in [7, 11) is 0. The zero-order valence-corrected chi connectivity index (χ0v) is 15.6. The lowest BCUT2D eigenvalue weighted by Gasteiger charge is -2.08. The van der Waals surface area contributed by atoms with Gasteiger partial charge in [-0.2, -0.15) is 4.39 Å². The summed E-state index contributed by atoms with van der Waals surface area (Å²) in [4.78, 5) is 0. The van der Waals surface area contributed by atoms with Gasteiger partial charge in [-0.3, -0.25) is 0 Å². The van der Waals surface area contributed by atoms with Crippen molar-refractivity contribution in [3.63, 3.8) is 0 Å². The van der Waals surface area contributed by atoms with Crippen molar-refractivity contribution < 1.29 is 22.7 Å². The van der Waals surface area contributed by atoms with Crippen LogP contribution in [0.1, 0.15) is 30.5 Å². The Labute approximate surface area is 161 Å². The molecule has 0 aliphatic carbocycles. The molecule has 0 unspecified atom stereocenters. The van der Waals surface area contributed by atoms with Crippen LogP contribution in [-0.4, -0.2) is 5.11 Å². The van der Waals surface area contributed by atoms with Crippen LogP contribution in [0.3, 0.4) is 0 Å². The highest BCUT2D eigenvalue weighted by molar-refractivity contribution is 5.67. The van der Waals surface area contributed by atoms with E-state index in [1.54, 1.807) is 12.1 Å². The van der Waals surface area contributed by atoms with E-state index < -0.39 is 40.1 Å². The molecule has 3 rings (SSSR count). The minimum absolute atomic E-state index is 0.202. The highest BCUT2D eigenvalue weighted by Gasteiger charge is 2.20. The number of aryl methyl sites for hydroxylation is 1. The van der Waals surface area contributed by atoms with Crippen molar-refractivity contribution in [2.24, 2.45) is 0 Å². The van der Waals surface area contributed by atoms with Crippen LogP contribution in [0.5, 0.6) is 5.75 Å². The van der Waals surface area contributed by atoms with Gasteiger partial charge < -0.3 is 5.11 Å². The summed E-state index contributed by atoms with van der Waals surface area (Å²) in [5, 5.41) is 9.13. The predicted molar refractivity (Wildman–Crippen MR) is 102 cm³/mol. The summed E-state index contributed by atoms with van der Waals surface area (Å²) >= 11 is 0. The molecule has 5 heteroatoms. The lowest BCUT2D eigenvalue weighted by atomic mass is 10.0. The molecular weight excluding hydrogens is 368 g/mol. The molecule has 1 N–H and O–H groups in total. The van der Waals surface area contributed by atoms with Crippen LogP contribution in [0.15, 0.2) is 48.5 Å². The fourth-order valence-corrected chi connectivity index (χ4v) is 2.38. The van der Waals surface area contributed by atoms with E-state index in [0.29, 0.717) is 5.56 Å². The standard InChI is InChI=1S/C21H12F4O.C2H6/c1-12-2-4-13(5-3-12)6-7-14-8-9-15(19(23)18(14)22)16-10-11-17(26)21(25)20(16)24;1-2/h2-5,8-11,26H,1H3;1-2H3. The molecule has 28 heavy (non-hydrogen) atoms. The van der Waals surface area contributed by atoms with E-state index in [1.807, 2.05) is 32.9 Å². The van der Waals surface area contributed by atoms with Crippen LogP contribution in [0.2, 0.25) is 0 Å². The Balaban J connectivity index is 0.00000136. The van der Waals surface area contributed by atoms with Gasteiger partial charge in [-0.05, 0) is 43.3 Å². The molecule has 0 atom stereocenters. The average molecular weight is 386 g/mol. The van der Waals surface area contributed by atoms with Gasteiger partial charge in [0.25, 0.3) is 0 Å². The number of halogens is 4. The molecule has 0 spiro atoms. The first-order valence-electron chi connectivity index (χ1n) is 8.62. The van der Waals surface area contributed by atoms with Crippen LogP contribution in [-0.2, 0) is 0 Å². The third-order valence-electron chi connectivity index (χ3n) is 3.83. The summed E-state index contributed by atoms with van der Waals surface area (Å²) in [6.07, 6.45) is 0. The van der Waals surface area contributed by atoms with Gasteiger partial charge in [0.05, 0.1) is 5.56 Å². The lowest BCUT2D eigenvalue weighted by molar-refractivity contribution is 0.407. The SMILES string of the molecule is CC.Cc1ccc(C#Cc2ccc(-c3ccc(O)c(F)c3F)c(F)c2F)cc1. The highest BCUT2D eigenvalue weighted by Crippen LogP contribution is 2.32. The maximum absolute atomic E-state index is 14.3. The van der Waals surface area contributed by atoms with Gasteiger partial charge in [-0.15, -0.1) is 0 Å². The second-order valence-electron chi connectivity index (χ2n) is 5.66. The molecule has 0 aliphatic heterocycles. The molecule has 0 bridgehead atoms. The first kappa shape index (κ1) is 21.0. The Hall–Kier alpha value is -3.26. The Bertz CT molecular complexity index is 1040. The first-order chi connectivity index (χ1) is 13.4. The van der Waals surface area contributed by atoms with Gasteiger partial charge in [-0.1, -0.05) is 43.4 Å². The Morgan fingerprint density at radius 1 is 0.643 bits per heavy atom. The molecule has 0 aromatic heterocycles. The van der Waals surface area contributed by atoms with Crippen molar-refractivity contribution in [1.29, 1.82) is 0 Å². The lowest BCUT2D eigenvalue weighted by Crippen LogP contribution is -1.97. The summed E-state index contributed by atoms with van der Waals surface area (Å²) < 4.78 is 56.0. The largest absolute Gasteiger partial charge is 0.505 e. The molecule has 0 heterocycles. The smallest absolute Gasteiger partial charge is 0.200 e. The minimum Gasteiger partial charge on any atom is -0.505 e. The maximum Gasteiger partial charge on any atom is 0.200 e. The summed E-state index contributed by atoms with van der Waals surface area (Å²) in [6, 6.07) is 11.3. The van der Waals surface area contributed by atoms with Gasteiger partial charge in [-0.25, -0.2) is 13.2 Å². The second-order valence-corrected chi connectivity index (χ2v) is 5.66. The quantitative estimate of drug-likeness (QED) is 0.382. The van der Waals surface area contributed by atoms with Crippen molar-refractivity contribution in [3.8, 4) is 28.7 Å². The number of phenolic OH excluding ortho intramolecular Hbond substituents is 1. The number of benzene rings is 3. The fourth-order valence-electron chi connectivity index (χ4n) is 2.38. The van der Waals surface area contributed by atoms with E-state index >= 15 is 0 Å². The highest BCUT2D eigenvalue weighted by atomic mass is 19.2. The van der Waals surface area contributed by atoms with Crippen LogP contribution < -0.4 is 0 Å². The number of hydrogen-bond donors (Lipinski definition) is 1. The second kappa shape index (κ2) is 9.09. The molecule has 3 aromatic rings. The van der Waals surface area contributed by atoms with Gasteiger partial charge in [0.1, 0.15) is 0 Å². The van der Waals surface area contributed by atoms with Crippen molar-refractivity contribution in [2.45, 2.75) is 20.8 Å². The van der Waals surface area contributed by atoms with Crippen LogP contribution in [0.25, 0.3) is 11.1 Å². The van der Waals surface area contributed by atoms with Gasteiger partial charge >= 0.3 is 0 Å². The Morgan fingerprint density at radius 3 is 1.79 bits per heavy atom. The third-order valence-corrected chi connectivity index (χ3v) is 3.83.